The quantitative estimate of drug-likeness (QED) is 0.444. The lowest BCUT2D eigenvalue weighted by Gasteiger charge is -2.14. The summed E-state index contributed by atoms with van der Waals surface area (Å²) in [6, 6.07) is 0. The van der Waals surface area contributed by atoms with E-state index in [9.17, 15) is 0 Å². The molecule has 0 unspecified atom stereocenters. The molecule has 0 radical (unpaired) electrons. The van der Waals surface area contributed by atoms with Crippen LogP contribution >= 0.6 is 0 Å². The van der Waals surface area contributed by atoms with Crippen LogP contribution in [0.1, 0.15) is 20.8 Å². The third kappa shape index (κ3) is 8.05. The predicted octanol–water partition coefficient (Wildman–Crippen LogP) is 3.05. The van der Waals surface area contributed by atoms with Gasteiger partial charge in [0.05, 0.1) is 0 Å². The van der Waals surface area contributed by atoms with E-state index in [1.807, 2.05) is 6.61 Å². The number of hydrogen-bond acceptors (Lipinski definition) is 1. The van der Waals surface area contributed by atoms with E-state index >= 15 is 0 Å². The summed E-state index contributed by atoms with van der Waals surface area (Å²) in [5.41, 5.74) is 0.195. The molecule has 0 bridgehead atoms. The van der Waals surface area contributed by atoms with E-state index in [2.05, 4.69) is 40.4 Å². The van der Waals surface area contributed by atoms with Crippen molar-refractivity contribution in [3.8, 4) is 0 Å². The Morgan fingerprint density at radius 2 is 1.50 bits per heavy atom. The van der Waals surface area contributed by atoms with Crippen molar-refractivity contribution in [2.24, 2.45) is 5.41 Å². The smallest absolute Gasteiger partial charge is 0.247 e. The molecule has 0 amide bonds. The van der Waals surface area contributed by atoms with Crippen molar-refractivity contribution in [1.29, 1.82) is 0 Å². The standard InChI is InChI=1S/C8H19OSi/c1-8(2,3)7-9-10(4,5)6/h7H,1-6H3/q+1. The third-order valence-corrected chi connectivity index (χ3v) is 1.59. The van der Waals surface area contributed by atoms with Crippen LogP contribution in [0.3, 0.4) is 0 Å². The van der Waals surface area contributed by atoms with Crippen LogP contribution in [0.5, 0.6) is 0 Å². The fourth-order valence-corrected chi connectivity index (χ4v) is 1.06. The van der Waals surface area contributed by atoms with Gasteiger partial charge in [0.15, 0.2) is 0 Å². The zero-order valence-electron chi connectivity index (χ0n) is 7.99. The second kappa shape index (κ2) is 2.97. The Morgan fingerprint density at radius 3 is 1.60 bits per heavy atom. The van der Waals surface area contributed by atoms with Crippen molar-refractivity contribution in [2.75, 3.05) is 0 Å². The molecule has 0 aliphatic rings. The van der Waals surface area contributed by atoms with Crippen molar-refractivity contribution in [2.45, 2.75) is 40.4 Å². The second-order valence-electron chi connectivity index (χ2n) is 4.71. The van der Waals surface area contributed by atoms with E-state index in [1.165, 1.54) is 0 Å². The lowest BCUT2D eigenvalue weighted by atomic mass is 9.99. The molecular formula is C8H19OSi+. The molecule has 60 valence electrons. The SMILES string of the molecule is CC(C)(C)[CH+]O[Si](C)(C)C. The summed E-state index contributed by atoms with van der Waals surface area (Å²) in [5.74, 6) is 0. The summed E-state index contributed by atoms with van der Waals surface area (Å²) in [5, 5.41) is 0. The first-order valence-corrected chi connectivity index (χ1v) is 7.14. The molecule has 0 heterocycles. The lowest BCUT2D eigenvalue weighted by molar-refractivity contribution is 0.275. The molecule has 2 heteroatoms. The van der Waals surface area contributed by atoms with E-state index in [1.54, 1.807) is 0 Å². The van der Waals surface area contributed by atoms with Crippen molar-refractivity contribution in [3.05, 3.63) is 6.61 Å². The predicted molar refractivity (Wildman–Crippen MR) is 48.2 cm³/mol. The van der Waals surface area contributed by atoms with E-state index in [0.717, 1.165) is 0 Å². The summed E-state index contributed by atoms with van der Waals surface area (Å²) in [6.45, 7) is 15.0. The molecule has 1 nitrogen and oxygen atoms in total. The highest BCUT2D eigenvalue weighted by atomic mass is 28.4. The highest BCUT2D eigenvalue weighted by Gasteiger charge is 2.28. The zero-order chi connectivity index (χ0) is 8.41. The van der Waals surface area contributed by atoms with E-state index in [-0.39, 0.29) is 5.41 Å². The van der Waals surface area contributed by atoms with Crippen LogP contribution in [0, 0.1) is 12.0 Å². The van der Waals surface area contributed by atoms with Gasteiger partial charge in [-0.15, -0.1) is 0 Å². The highest BCUT2D eigenvalue weighted by molar-refractivity contribution is 6.69. The molecule has 0 saturated carbocycles. The van der Waals surface area contributed by atoms with E-state index in [4.69, 9.17) is 4.43 Å². The maximum absolute atomic E-state index is 5.61. The summed E-state index contributed by atoms with van der Waals surface area (Å²) < 4.78 is 5.61. The first kappa shape index (κ1) is 10.0. The van der Waals surface area contributed by atoms with Gasteiger partial charge in [0, 0.05) is 0 Å². The van der Waals surface area contributed by atoms with Gasteiger partial charge in [-0.25, -0.2) is 4.43 Å². The molecule has 0 aromatic heterocycles. The molecular weight excluding hydrogens is 140 g/mol. The Bertz CT molecular complexity index is 82.8. The van der Waals surface area contributed by atoms with Crippen molar-refractivity contribution < 1.29 is 4.43 Å². The third-order valence-electron chi connectivity index (χ3n) is 0.766. The van der Waals surface area contributed by atoms with E-state index in [0.29, 0.717) is 0 Å². The van der Waals surface area contributed by atoms with Crippen LogP contribution < -0.4 is 0 Å². The average Bonchev–Trinajstić information content (AvgIpc) is 1.57. The van der Waals surface area contributed by atoms with E-state index < -0.39 is 8.32 Å². The fourth-order valence-electron chi connectivity index (χ4n) is 0.354. The summed E-state index contributed by atoms with van der Waals surface area (Å²) in [6.07, 6.45) is 0. The minimum Gasteiger partial charge on any atom is -0.247 e. The van der Waals surface area contributed by atoms with Gasteiger partial charge >= 0.3 is 0 Å². The van der Waals surface area contributed by atoms with Crippen molar-refractivity contribution in [3.63, 3.8) is 0 Å². The maximum Gasteiger partial charge on any atom is 0.253 e. The molecule has 0 saturated heterocycles. The zero-order valence-corrected chi connectivity index (χ0v) is 8.99. The minimum absolute atomic E-state index is 0.195. The van der Waals surface area contributed by atoms with Crippen LogP contribution in [0.4, 0.5) is 0 Å². The van der Waals surface area contributed by atoms with Crippen molar-refractivity contribution >= 4 is 8.32 Å². The Kier molecular flexibility index (Phi) is 2.98. The topological polar surface area (TPSA) is 9.23 Å². The molecule has 0 atom stereocenters. The van der Waals surface area contributed by atoms with Crippen LogP contribution in [0.2, 0.25) is 19.6 Å². The van der Waals surface area contributed by atoms with Gasteiger partial charge < -0.3 is 0 Å². The van der Waals surface area contributed by atoms with Gasteiger partial charge in [-0.1, -0.05) is 0 Å². The maximum atomic E-state index is 5.61. The fraction of sp³-hybridized carbons (Fsp3) is 0.875. The second-order valence-corrected chi connectivity index (χ2v) is 9.17. The monoisotopic (exact) mass is 159 g/mol. The minimum atomic E-state index is -1.32. The molecule has 10 heavy (non-hydrogen) atoms. The largest absolute Gasteiger partial charge is 0.253 e. The van der Waals surface area contributed by atoms with Gasteiger partial charge in [0.25, 0.3) is 8.32 Å². The summed E-state index contributed by atoms with van der Waals surface area (Å²) in [4.78, 5) is 0. The molecule has 0 aliphatic carbocycles. The lowest BCUT2D eigenvalue weighted by Crippen LogP contribution is -2.27. The molecule has 0 aromatic rings. The number of rotatable bonds is 2. The normalized spacial score (nSPS) is 13.4. The van der Waals surface area contributed by atoms with Crippen LogP contribution in [-0.2, 0) is 4.43 Å². The molecule has 0 spiro atoms. The van der Waals surface area contributed by atoms with Gasteiger partial charge in [-0.2, -0.15) is 0 Å². The van der Waals surface area contributed by atoms with Gasteiger partial charge in [-0.3, -0.25) is 0 Å². The van der Waals surface area contributed by atoms with Gasteiger partial charge in [-0.05, 0) is 40.4 Å². The molecule has 0 aromatic carbocycles. The van der Waals surface area contributed by atoms with Crippen LogP contribution in [-0.4, -0.2) is 8.32 Å². The summed E-state index contributed by atoms with van der Waals surface area (Å²) in [7, 11) is -1.32. The Morgan fingerprint density at radius 1 is 1.10 bits per heavy atom. The Labute approximate surface area is 65.9 Å². The Balaban J connectivity index is 3.56. The van der Waals surface area contributed by atoms with Crippen LogP contribution in [0.15, 0.2) is 0 Å². The molecule has 0 aliphatic heterocycles. The number of hydrogen-bond donors (Lipinski definition) is 0. The highest BCUT2D eigenvalue weighted by Crippen LogP contribution is 2.20. The molecule has 0 N–H and O–H groups in total. The van der Waals surface area contributed by atoms with Gasteiger partial charge in [0.2, 0.25) is 6.61 Å². The molecule has 0 fully saturated rings. The summed E-state index contributed by atoms with van der Waals surface area (Å²) >= 11 is 0. The first-order valence-electron chi connectivity index (χ1n) is 3.73. The molecule has 0 rings (SSSR count). The first-order chi connectivity index (χ1) is 4.21. The van der Waals surface area contributed by atoms with Crippen molar-refractivity contribution in [1.82, 2.24) is 0 Å². The van der Waals surface area contributed by atoms with Crippen LogP contribution in [0.25, 0.3) is 0 Å². The average molecular weight is 159 g/mol. The Hall–Kier alpha value is 0.0469. The van der Waals surface area contributed by atoms with Gasteiger partial charge in [0.1, 0.15) is 5.41 Å².